The molecule has 0 unspecified atom stereocenters. The molecule has 120 valence electrons. The van der Waals surface area contributed by atoms with E-state index >= 15 is 0 Å². The van der Waals surface area contributed by atoms with Crippen molar-refractivity contribution in [3.63, 3.8) is 0 Å². The molecule has 0 aliphatic heterocycles. The first-order valence-corrected chi connectivity index (χ1v) is 8.16. The second kappa shape index (κ2) is 7.70. The molecule has 0 aliphatic rings. The van der Waals surface area contributed by atoms with E-state index in [-0.39, 0.29) is 5.91 Å². The molecule has 0 saturated carbocycles. The highest BCUT2D eigenvalue weighted by atomic mass is 79.9. The van der Waals surface area contributed by atoms with E-state index in [1.54, 1.807) is 24.7 Å². The lowest BCUT2D eigenvalue weighted by Gasteiger charge is -2.08. The van der Waals surface area contributed by atoms with Crippen LogP contribution in [0.1, 0.15) is 16.1 Å². The highest BCUT2D eigenvalue weighted by Gasteiger charge is 2.09. The Kier molecular flexibility index (Phi) is 5.18. The SMILES string of the molecule is O=C(Nc1ccccc1Br)c1ccc(NCc2ccncc2)cn1. The number of rotatable bonds is 5. The van der Waals surface area contributed by atoms with Crippen molar-refractivity contribution < 1.29 is 4.79 Å². The highest BCUT2D eigenvalue weighted by molar-refractivity contribution is 9.10. The van der Waals surface area contributed by atoms with Gasteiger partial charge in [0.25, 0.3) is 5.91 Å². The van der Waals surface area contributed by atoms with Crippen LogP contribution in [0.2, 0.25) is 0 Å². The van der Waals surface area contributed by atoms with E-state index < -0.39 is 0 Å². The molecule has 2 heterocycles. The summed E-state index contributed by atoms with van der Waals surface area (Å²) in [6.07, 6.45) is 5.16. The molecule has 1 amide bonds. The van der Waals surface area contributed by atoms with Crippen molar-refractivity contribution in [2.75, 3.05) is 10.6 Å². The predicted molar refractivity (Wildman–Crippen MR) is 97.9 cm³/mol. The lowest BCUT2D eigenvalue weighted by atomic mass is 10.2. The topological polar surface area (TPSA) is 66.9 Å². The maximum Gasteiger partial charge on any atom is 0.274 e. The Bertz CT molecular complexity index is 822. The number of nitrogens with zero attached hydrogens (tertiary/aromatic N) is 2. The molecular weight excluding hydrogens is 368 g/mol. The smallest absolute Gasteiger partial charge is 0.274 e. The Morgan fingerprint density at radius 2 is 1.83 bits per heavy atom. The highest BCUT2D eigenvalue weighted by Crippen LogP contribution is 2.21. The van der Waals surface area contributed by atoms with E-state index in [0.29, 0.717) is 17.9 Å². The van der Waals surface area contributed by atoms with E-state index in [9.17, 15) is 4.79 Å². The number of benzene rings is 1. The van der Waals surface area contributed by atoms with Gasteiger partial charge in [0.15, 0.2) is 0 Å². The van der Waals surface area contributed by atoms with Gasteiger partial charge in [-0.15, -0.1) is 0 Å². The Morgan fingerprint density at radius 1 is 1.04 bits per heavy atom. The number of carbonyl (C=O) groups excluding carboxylic acids is 1. The minimum atomic E-state index is -0.248. The molecule has 2 N–H and O–H groups in total. The van der Waals surface area contributed by atoms with Gasteiger partial charge in [0.05, 0.1) is 17.6 Å². The third-order valence-corrected chi connectivity index (χ3v) is 4.06. The number of pyridine rings is 2. The number of amides is 1. The van der Waals surface area contributed by atoms with Crippen LogP contribution in [0, 0.1) is 0 Å². The van der Waals surface area contributed by atoms with Crippen molar-refractivity contribution in [2.24, 2.45) is 0 Å². The Balaban J connectivity index is 1.61. The molecule has 0 bridgehead atoms. The lowest BCUT2D eigenvalue weighted by molar-refractivity contribution is 0.102. The van der Waals surface area contributed by atoms with Gasteiger partial charge in [-0.2, -0.15) is 0 Å². The zero-order valence-corrected chi connectivity index (χ0v) is 14.3. The van der Waals surface area contributed by atoms with Gasteiger partial charge < -0.3 is 10.6 Å². The molecule has 0 fully saturated rings. The number of para-hydroxylation sites is 1. The fraction of sp³-hybridized carbons (Fsp3) is 0.0556. The van der Waals surface area contributed by atoms with Gasteiger partial charge in [-0.1, -0.05) is 12.1 Å². The zero-order valence-electron chi connectivity index (χ0n) is 12.7. The third-order valence-electron chi connectivity index (χ3n) is 3.36. The fourth-order valence-corrected chi connectivity index (χ4v) is 2.47. The van der Waals surface area contributed by atoms with Crippen LogP contribution >= 0.6 is 15.9 Å². The molecule has 5 nitrogen and oxygen atoms in total. The molecule has 0 spiro atoms. The number of nitrogens with one attached hydrogen (secondary N) is 2. The Labute approximate surface area is 148 Å². The molecule has 0 saturated heterocycles. The first kappa shape index (κ1) is 16.1. The number of aromatic nitrogens is 2. The summed E-state index contributed by atoms with van der Waals surface area (Å²) >= 11 is 3.40. The third kappa shape index (κ3) is 4.17. The molecule has 1 aromatic carbocycles. The van der Waals surface area contributed by atoms with Crippen molar-refractivity contribution >= 4 is 33.2 Å². The van der Waals surface area contributed by atoms with E-state index in [4.69, 9.17) is 0 Å². The van der Waals surface area contributed by atoms with Gasteiger partial charge in [-0.05, 0) is 57.9 Å². The fourth-order valence-electron chi connectivity index (χ4n) is 2.09. The molecule has 6 heteroatoms. The van der Waals surface area contributed by atoms with Gasteiger partial charge >= 0.3 is 0 Å². The van der Waals surface area contributed by atoms with Crippen LogP contribution < -0.4 is 10.6 Å². The second-order valence-electron chi connectivity index (χ2n) is 5.08. The minimum Gasteiger partial charge on any atom is -0.380 e. The maximum absolute atomic E-state index is 12.2. The molecule has 3 rings (SSSR count). The summed E-state index contributed by atoms with van der Waals surface area (Å²) in [6, 6.07) is 14.9. The van der Waals surface area contributed by atoms with E-state index in [2.05, 4.69) is 36.5 Å². The van der Waals surface area contributed by atoms with Crippen molar-refractivity contribution in [1.82, 2.24) is 9.97 Å². The van der Waals surface area contributed by atoms with Crippen LogP contribution in [0.25, 0.3) is 0 Å². The summed E-state index contributed by atoms with van der Waals surface area (Å²) in [6.45, 7) is 0.673. The Hall–Kier alpha value is -2.73. The number of carbonyl (C=O) groups is 1. The number of anilines is 2. The van der Waals surface area contributed by atoms with Crippen molar-refractivity contribution in [3.8, 4) is 0 Å². The molecular formula is C18H15BrN4O. The summed E-state index contributed by atoms with van der Waals surface area (Å²) in [7, 11) is 0. The summed E-state index contributed by atoms with van der Waals surface area (Å²) in [5.74, 6) is -0.248. The lowest BCUT2D eigenvalue weighted by Crippen LogP contribution is -2.14. The van der Waals surface area contributed by atoms with Gasteiger partial charge in [0.1, 0.15) is 5.69 Å². The van der Waals surface area contributed by atoms with E-state index in [1.165, 1.54) is 0 Å². The molecule has 0 radical (unpaired) electrons. The quantitative estimate of drug-likeness (QED) is 0.696. The second-order valence-corrected chi connectivity index (χ2v) is 5.93. The monoisotopic (exact) mass is 382 g/mol. The van der Waals surface area contributed by atoms with Gasteiger partial charge in [0, 0.05) is 23.4 Å². The van der Waals surface area contributed by atoms with Crippen LogP contribution in [0.5, 0.6) is 0 Å². The molecule has 0 aliphatic carbocycles. The van der Waals surface area contributed by atoms with Gasteiger partial charge in [-0.3, -0.25) is 9.78 Å². The molecule has 0 atom stereocenters. The molecule has 2 aromatic heterocycles. The first-order valence-electron chi connectivity index (χ1n) is 7.37. The summed E-state index contributed by atoms with van der Waals surface area (Å²) < 4.78 is 0.828. The van der Waals surface area contributed by atoms with Gasteiger partial charge in [0.2, 0.25) is 0 Å². The van der Waals surface area contributed by atoms with E-state index in [0.717, 1.165) is 15.7 Å². The maximum atomic E-state index is 12.2. The van der Waals surface area contributed by atoms with Crippen LogP contribution in [-0.4, -0.2) is 15.9 Å². The average molecular weight is 383 g/mol. The summed E-state index contributed by atoms with van der Waals surface area (Å²) in [5, 5.41) is 6.08. The standard InChI is InChI=1S/C18H15BrN4O/c19-15-3-1-2-4-16(15)23-18(24)17-6-5-14(12-22-17)21-11-13-7-9-20-10-8-13/h1-10,12,21H,11H2,(H,23,24). The number of halogens is 1. The molecule has 3 aromatic rings. The predicted octanol–water partition coefficient (Wildman–Crippen LogP) is 4.10. The van der Waals surface area contributed by atoms with Crippen LogP contribution in [0.15, 0.2) is 71.6 Å². The number of hydrogen-bond acceptors (Lipinski definition) is 4. The van der Waals surface area contributed by atoms with E-state index in [1.807, 2.05) is 42.5 Å². The Morgan fingerprint density at radius 3 is 2.54 bits per heavy atom. The van der Waals surface area contributed by atoms with Crippen LogP contribution in [-0.2, 0) is 6.54 Å². The average Bonchev–Trinajstić information content (AvgIpc) is 2.63. The van der Waals surface area contributed by atoms with Crippen molar-refractivity contribution in [2.45, 2.75) is 6.54 Å². The van der Waals surface area contributed by atoms with Crippen molar-refractivity contribution in [1.29, 1.82) is 0 Å². The largest absolute Gasteiger partial charge is 0.380 e. The summed E-state index contributed by atoms with van der Waals surface area (Å²) in [4.78, 5) is 20.4. The van der Waals surface area contributed by atoms with Crippen molar-refractivity contribution in [3.05, 3.63) is 82.9 Å². The summed E-state index contributed by atoms with van der Waals surface area (Å²) in [5.41, 5.74) is 3.05. The van der Waals surface area contributed by atoms with Crippen LogP contribution in [0.3, 0.4) is 0 Å². The number of hydrogen-bond donors (Lipinski definition) is 2. The van der Waals surface area contributed by atoms with Crippen LogP contribution in [0.4, 0.5) is 11.4 Å². The van der Waals surface area contributed by atoms with Gasteiger partial charge in [-0.25, -0.2) is 4.98 Å². The first-order chi connectivity index (χ1) is 11.7. The molecule has 24 heavy (non-hydrogen) atoms. The minimum absolute atomic E-state index is 0.248. The zero-order chi connectivity index (χ0) is 16.8. The normalized spacial score (nSPS) is 10.2.